The number of alkyl halides is 3. The number of piperazine rings is 1. The summed E-state index contributed by atoms with van der Waals surface area (Å²) in [5, 5.41) is 16.1. The average molecular weight is 665 g/mol. The number of carbonyl (C=O) groups excluding carboxylic acids is 2. The number of urea groups is 1. The monoisotopic (exact) mass is 664 g/mol. The first-order valence-electron chi connectivity index (χ1n) is 16.1. The van der Waals surface area contributed by atoms with Crippen LogP contribution in [0.5, 0.6) is 5.75 Å². The van der Waals surface area contributed by atoms with Gasteiger partial charge in [-0.1, -0.05) is 48.5 Å². The molecular weight excluding hydrogens is 621 g/mol. The number of aromatic hydroxyl groups is 1. The van der Waals surface area contributed by atoms with Gasteiger partial charge in [0.1, 0.15) is 11.9 Å². The third-order valence-electron chi connectivity index (χ3n) is 8.93. The maximum absolute atomic E-state index is 14.1. The summed E-state index contributed by atoms with van der Waals surface area (Å²) in [7, 11) is 1.77. The van der Waals surface area contributed by atoms with Crippen LogP contribution in [0.15, 0.2) is 85.5 Å². The molecule has 12 heteroatoms. The average Bonchev–Trinajstić information content (AvgIpc) is 3.04. The van der Waals surface area contributed by atoms with E-state index in [9.17, 15) is 27.9 Å². The minimum absolute atomic E-state index is 0.0216. The largest absolute Gasteiger partial charge is 0.508 e. The van der Waals surface area contributed by atoms with Gasteiger partial charge in [0.2, 0.25) is 5.91 Å². The van der Waals surface area contributed by atoms with Gasteiger partial charge < -0.3 is 20.2 Å². The van der Waals surface area contributed by atoms with Crippen molar-refractivity contribution in [3.63, 3.8) is 0 Å². The molecule has 0 aliphatic carbocycles. The van der Waals surface area contributed by atoms with E-state index in [2.05, 4.69) is 11.9 Å². The summed E-state index contributed by atoms with van der Waals surface area (Å²) in [5.74, 6) is -0.0405. The van der Waals surface area contributed by atoms with Crippen LogP contribution in [0.4, 0.5) is 23.7 Å². The molecule has 3 aromatic rings. The Kier molecular flexibility index (Phi) is 10.6. The molecule has 2 fully saturated rings. The summed E-state index contributed by atoms with van der Waals surface area (Å²) >= 11 is 0. The molecule has 48 heavy (non-hydrogen) atoms. The number of fused-ring (bicyclic) bond motifs is 1. The van der Waals surface area contributed by atoms with Crippen molar-refractivity contribution in [3.05, 3.63) is 108 Å². The van der Waals surface area contributed by atoms with Crippen molar-refractivity contribution >= 4 is 17.6 Å². The highest BCUT2D eigenvalue weighted by molar-refractivity contribution is 5.83. The summed E-state index contributed by atoms with van der Waals surface area (Å²) in [6.07, 6.45) is -3.22. The Hall–Kier alpha value is -4.55. The number of hydrogen-bond donors (Lipinski definition) is 2. The first-order chi connectivity index (χ1) is 22.8. The Morgan fingerprint density at radius 1 is 1.04 bits per heavy atom. The molecule has 0 radical (unpaired) electrons. The smallest absolute Gasteiger partial charge is 0.416 e. The second-order valence-electron chi connectivity index (χ2n) is 12.7. The Labute approximate surface area is 279 Å². The molecular formula is C36H43F3N6O3. The van der Waals surface area contributed by atoms with E-state index in [0.717, 1.165) is 11.1 Å². The Morgan fingerprint density at radius 2 is 1.75 bits per heavy atom. The quantitative estimate of drug-likeness (QED) is 0.280. The Balaban J connectivity index is 1.51. The van der Waals surface area contributed by atoms with Crippen LogP contribution in [-0.4, -0.2) is 88.3 Å². The number of amides is 3. The van der Waals surface area contributed by atoms with Crippen LogP contribution in [0.1, 0.15) is 36.1 Å². The molecule has 5 rings (SSSR count). The normalized spacial score (nSPS) is 18.9. The molecule has 2 saturated heterocycles. The van der Waals surface area contributed by atoms with E-state index in [1.54, 1.807) is 63.3 Å². The lowest BCUT2D eigenvalue weighted by atomic mass is 9.98. The summed E-state index contributed by atoms with van der Waals surface area (Å²) in [6, 6.07) is 19.5. The fraction of sp³-hybridized carbons (Fsp3) is 0.389. The van der Waals surface area contributed by atoms with Crippen LogP contribution < -0.4 is 10.2 Å². The summed E-state index contributed by atoms with van der Waals surface area (Å²) in [5.41, 5.74) is 2.00. The fourth-order valence-electron chi connectivity index (χ4n) is 6.40. The summed E-state index contributed by atoms with van der Waals surface area (Å²) in [6.45, 7) is 8.91. The molecule has 2 heterocycles. The second kappa shape index (κ2) is 14.7. The van der Waals surface area contributed by atoms with Crippen LogP contribution >= 0.6 is 0 Å². The molecule has 0 unspecified atom stereocenters. The van der Waals surface area contributed by atoms with Gasteiger partial charge in [0.25, 0.3) is 0 Å². The maximum atomic E-state index is 14.1. The first-order valence-corrected chi connectivity index (χ1v) is 16.1. The number of rotatable bonds is 10. The van der Waals surface area contributed by atoms with Crippen molar-refractivity contribution in [1.29, 1.82) is 0 Å². The lowest BCUT2D eigenvalue weighted by Gasteiger charge is -2.55. The number of nitrogens with zero attached hydrogens (tertiary/aromatic N) is 5. The number of anilines is 1. The molecule has 0 bridgehead atoms. The number of nitrogens with one attached hydrogen (secondary N) is 1. The highest BCUT2D eigenvalue weighted by Gasteiger charge is 2.48. The molecule has 0 saturated carbocycles. The minimum atomic E-state index is -4.53. The highest BCUT2D eigenvalue weighted by atomic mass is 19.4. The number of benzene rings is 3. The number of halogens is 3. The van der Waals surface area contributed by atoms with Gasteiger partial charge in [0.15, 0.2) is 0 Å². The topological polar surface area (TPSA) is 82.6 Å². The molecule has 9 nitrogen and oxygen atoms in total. The number of hydrazine groups is 1. The predicted molar refractivity (Wildman–Crippen MR) is 179 cm³/mol. The molecule has 3 amide bonds. The van der Waals surface area contributed by atoms with E-state index in [1.165, 1.54) is 12.1 Å². The van der Waals surface area contributed by atoms with Gasteiger partial charge in [0, 0.05) is 51.5 Å². The standard InChI is InChI=1S/C36H43F3N6O3/c1-5-15-43-24-34(47)44-31(17-26-11-13-32(46)14-12-26)22-42(23-33(44)45(43)35(48)40-20-27-9-7-6-8-10-27)21-28-16-29(36(37,38)39)19-30(18-28)41(4)25(2)3/h5-14,16,18-19,25,31,33,46H,1,15,17,20-24H2,2-4H3,(H,40,48)/t31-,33-/m0/s1. The van der Waals surface area contributed by atoms with E-state index < -0.39 is 30.0 Å². The molecule has 2 aliphatic rings. The third kappa shape index (κ3) is 8.11. The van der Waals surface area contributed by atoms with Crippen LogP contribution in [-0.2, 0) is 30.5 Å². The van der Waals surface area contributed by atoms with Gasteiger partial charge in [-0.2, -0.15) is 13.2 Å². The zero-order valence-electron chi connectivity index (χ0n) is 27.5. The van der Waals surface area contributed by atoms with E-state index in [1.807, 2.05) is 49.1 Å². The SMILES string of the molecule is C=CCN1CC(=O)N2[C@@H](Cc3ccc(O)cc3)CN(Cc3cc(N(C)C(C)C)cc(C(F)(F)F)c3)C[C@@H]2N1C(=O)NCc1ccccc1. The van der Waals surface area contributed by atoms with Gasteiger partial charge in [0.05, 0.1) is 18.2 Å². The van der Waals surface area contributed by atoms with Crippen LogP contribution in [0, 0.1) is 0 Å². The fourth-order valence-corrected chi connectivity index (χ4v) is 6.40. The lowest BCUT2D eigenvalue weighted by molar-refractivity contribution is -0.182. The third-order valence-corrected chi connectivity index (χ3v) is 8.93. The summed E-state index contributed by atoms with van der Waals surface area (Å²) < 4.78 is 42.2. The number of hydrogen-bond acceptors (Lipinski definition) is 6. The van der Waals surface area contributed by atoms with Crippen molar-refractivity contribution in [3.8, 4) is 5.75 Å². The second-order valence-corrected chi connectivity index (χ2v) is 12.7. The van der Waals surface area contributed by atoms with Gasteiger partial charge in [-0.05, 0) is 67.3 Å². The van der Waals surface area contributed by atoms with E-state index in [-0.39, 0.29) is 50.4 Å². The van der Waals surface area contributed by atoms with Crippen LogP contribution in [0.3, 0.4) is 0 Å². The minimum Gasteiger partial charge on any atom is -0.508 e. The van der Waals surface area contributed by atoms with Crippen LogP contribution in [0.25, 0.3) is 0 Å². The van der Waals surface area contributed by atoms with Crippen molar-refractivity contribution in [2.24, 2.45) is 0 Å². The van der Waals surface area contributed by atoms with Gasteiger partial charge in [-0.15, -0.1) is 6.58 Å². The van der Waals surface area contributed by atoms with Gasteiger partial charge in [-0.3, -0.25) is 9.69 Å². The van der Waals surface area contributed by atoms with Gasteiger partial charge >= 0.3 is 12.2 Å². The van der Waals surface area contributed by atoms with Crippen molar-refractivity contribution in [2.45, 2.75) is 57.8 Å². The maximum Gasteiger partial charge on any atom is 0.416 e. The molecule has 3 aromatic carbocycles. The highest BCUT2D eigenvalue weighted by Crippen LogP contribution is 2.35. The predicted octanol–water partition coefficient (Wildman–Crippen LogP) is 5.47. The van der Waals surface area contributed by atoms with E-state index in [0.29, 0.717) is 24.2 Å². The van der Waals surface area contributed by atoms with Crippen molar-refractivity contribution in [1.82, 2.24) is 25.1 Å². The number of carbonyl (C=O) groups is 2. The van der Waals surface area contributed by atoms with Crippen LogP contribution in [0.2, 0.25) is 0 Å². The molecule has 2 atom stereocenters. The Bertz CT molecular complexity index is 1580. The zero-order chi connectivity index (χ0) is 34.6. The molecule has 2 aliphatic heterocycles. The molecule has 0 aromatic heterocycles. The number of phenols is 1. The molecule has 2 N–H and O–H groups in total. The zero-order valence-corrected chi connectivity index (χ0v) is 27.5. The lowest BCUT2D eigenvalue weighted by Crippen LogP contribution is -2.75. The number of phenolic OH excluding ortho intramolecular Hbond substituents is 1. The molecule has 256 valence electrons. The first kappa shape index (κ1) is 34.8. The van der Waals surface area contributed by atoms with Gasteiger partial charge in [-0.25, -0.2) is 14.8 Å². The summed E-state index contributed by atoms with van der Waals surface area (Å²) in [4.78, 5) is 33.3. The van der Waals surface area contributed by atoms with Crippen molar-refractivity contribution < 1.29 is 27.9 Å². The van der Waals surface area contributed by atoms with E-state index >= 15 is 0 Å². The van der Waals surface area contributed by atoms with Crippen molar-refractivity contribution in [2.75, 3.05) is 38.1 Å². The van der Waals surface area contributed by atoms with E-state index in [4.69, 9.17) is 0 Å². The Morgan fingerprint density at radius 3 is 2.40 bits per heavy atom. The molecule has 0 spiro atoms.